The van der Waals surface area contributed by atoms with Crippen molar-refractivity contribution in [3.63, 3.8) is 0 Å². The maximum Gasteiger partial charge on any atom is 0.106 e. The molecule has 2 rings (SSSR count). The molecule has 0 aliphatic rings. The Morgan fingerprint density at radius 2 is 2.11 bits per heavy atom. The second kappa shape index (κ2) is 6.52. The lowest BCUT2D eigenvalue weighted by Gasteiger charge is -2.08. The number of hydrogen-bond acceptors (Lipinski definition) is 3. The summed E-state index contributed by atoms with van der Waals surface area (Å²) in [5.74, 6) is 1.07. The van der Waals surface area contributed by atoms with Crippen LogP contribution in [-0.2, 0) is 11.3 Å². The number of hydrogen-bond donors (Lipinski definition) is 1. The maximum absolute atomic E-state index is 5.28. The van der Waals surface area contributed by atoms with Gasteiger partial charge in [-0.3, -0.25) is 0 Å². The molecule has 0 saturated heterocycles. The van der Waals surface area contributed by atoms with Gasteiger partial charge in [0.15, 0.2) is 0 Å². The van der Waals surface area contributed by atoms with Crippen molar-refractivity contribution < 1.29 is 4.74 Å². The average molecular weight is 247 g/mol. The van der Waals surface area contributed by atoms with E-state index in [0.717, 1.165) is 44.2 Å². The minimum atomic E-state index is 0.778. The number of para-hydroxylation sites is 2. The zero-order chi connectivity index (χ0) is 12.8. The van der Waals surface area contributed by atoms with Crippen molar-refractivity contribution in [2.45, 2.75) is 20.4 Å². The van der Waals surface area contributed by atoms with Crippen molar-refractivity contribution in [2.24, 2.45) is 0 Å². The van der Waals surface area contributed by atoms with E-state index >= 15 is 0 Å². The summed E-state index contributed by atoms with van der Waals surface area (Å²) in [5, 5.41) is 3.38. The highest BCUT2D eigenvalue weighted by Crippen LogP contribution is 2.14. The molecule has 2 aromatic rings. The molecule has 0 aliphatic heterocycles. The minimum Gasteiger partial charge on any atom is -0.380 e. The first-order valence-corrected chi connectivity index (χ1v) is 6.53. The number of nitrogens with one attached hydrogen (secondary N) is 1. The Bertz CT molecular complexity index is 493. The molecule has 0 fully saturated rings. The van der Waals surface area contributed by atoms with Crippen molar-refractivity contribution in [1.82, 2.24) is 14.9 Å². The van der Waals surface area contributed by atoms with Gasteiger partial charge in [0.05, 0.1) is 17.6 Å². The lowest BCUT2D eigenvalue weighted by Crippen LogP contribution is -2.24. The molecule has 0 aliphatic carbocycles. The molecule has 1 N–H and O–H groups in total. The van der Waals surface area contributed by atoms with Crippen LogP contribution < -0.4 is 5.32 Å². The molecule has 0 saturated carbocycles. The van der Waals surface area contributed by atoms with Crippen molar-refractivity contribution in [2.75, 3.05) is 26.3 Å². The average Bonchev–Trinajstić information content (AvgIpc) is 2.70. The number of aromatic nitrogens is 2. The molecule has 1 aromatic heterocycles. The van der Waals surface area contributed by atoms with Gasteiger partial charge in [0.25, 0.3) is 0 Å². The number of nitrogens with zero attached hydrogens (tertiary/aromatic N) is 2. The molecule has 4 nitrogen and oxygen atoms in total. The van der Waals surface area contributed by atoms with E-state index in [-0.39, 0.29) is 0 Å². The van der Waals surface area contributed by atoms with E-state index in [1.54, 1.807) is 0 Å². The van der Waals surface area contributed by atoms with Gasteiger partial charge in [-0.2, -0.15) is 0 Å². The highest BCUT2D eigenvalue weighted by molar-refractivity contribution is 5.75. The van der Waals surface area contributed by atoms with Gasteiger partial charge in [0.2, 0.25) is 0 Å². The predicted octanol–water partition coefficient (Wildman–Crippen LogP) is 1.97. The van der Waals surface area contributed by atoms with Gasteiger partial charge in [-0.25, -0.2) is 4.98 Å². The SMILES string of the molecule is CCOCCNCCn1c(C)nc2ccccc21. The Kier molecular flexibility index (Phi) is 4.73. The molecule has 0 bridgehead atoms. The van der Waals surface area contributed by atoms with Crippen LogP contribution in [0.25, 0.3) is 11.0 Å². The topological polar surface area (TPSA) is 39.1 Å². The Balaban J connectivity index is 1.89. The summed E-state index contributed by atoms with van der Waals surface area (Å²) in [6.45, 7) is 8.42. The second-order valence-electron chi connectivity index (χ2n) is 4.25. The predicted molar refractivity (Wildman–Crippen MR) is 73.8 cm³/mol. The summed E-state index contributed by atoms with van der Waals surface area (Å²) in [5.41, 5.74) is 2.28. The summed E-state index contributed by atoms with van der Waals surface area (Å²) < 4.78 is 7.54. The first kappa shape index (κ1) is 13.1. The smallest absolute Gasteiger partial charge is 0.106 e. The van der Waals surface area contributed by atoms with E-state index in [4.69, 9.17) is 4.74 Å². The fourth-order valence-corrected chi connectivity index (χ4v) is 2.08. The van der Waals surface area contributed by atoms with Crippen molar-refractivity contribution >= 4 is 11.0 Å². The van der Waals surface area contributed by atoms with Crippen molar-refractivity contribution in [3.8, 4) is 0 Å². The molecule has 0 amide bonds. The number of aryl methyl sites for hydroxylation is 1. The standard InChI is InChI=1S/C14H21N3O/c1-3-18-11-9-15-8-10-17-12(2)16-13-6-4-5-7-14(13)17/h4-7,15H,3,8-11H2,1-2H3. The molecule has 1 aromatic carbocycles. The van der Waals surface area contributed by atoms with Crippen LogP contribution in [0.5, 0.6) is 0 Å². The highest BCUT2D eigenvalue weighted by Gasteiger charge is 2.05. The Morgan fingerprint density at radius 3 is 2.94 bits per heavy atom. The molecular formula is C14H21N3O. The Hall–Kier alpha value is -1.39. The van der Waals surface area contributed by atoms with Gasteiger partial charge in [0.1, 0.15) is 5.82 Å². The largest absolute Gasteiger partial charge is 0.380 e. The maximum atomic E-state index is 5.28. The van der Waals surface area contributed by atoms with Crippen LogP contribution in [0.3, 0.4) is 0 Å². The molecule has 0 unspecified atom stereocenters. The third-order valence-electron chi connectivity index (χ3n) is 2.98. The van der Waals surface area contributed by atoms with Gasteiger partial charge in [-0.15, -0.1) is 0 Å². The molecule has 1 heterocycles. The fourth-order valence-electron chi connectivity index (χ4n) is 2.08. The number of benzene rings is 1. The monoisotopic (exact) mass is 247 g/mol. The van der Waals surface area contributed by atoms with Gasteiger partial charge in [-0.1, -0.05) is 12.1 Å². The second-order valence-corrected chi connectivity index (χ2v) is 4.25. The number of fused-ring (bicyclic) bond motifs is 1. The highest BCUT2D eigenvalue weighted by atomic mass is 16.5. The van der Waals surface area contributed by atoms with E-state index in [0.29, 0.717) is 0 Å². The van der Waals surface area contributed by atoms with Crippen LogP contribution >= 0.6 is 0 Å². The number of rotatable bonds is 7. The van der Waals surface area contributed by atoms with Gasteiger partial charge in [0, 0.05) is 26.2 Å². The molecule has 0 spiro atoms. The van der Waals surface area contributed by atoms with Crippen LogP contribution in [0.1, 0.15) is 12.7 Å². The summed E-state index contributed by atoms with van der Waals surface area (Å²) in [4.78, 5) is 4.55. The van der Waals surface area contributed by atoms with E-state index in [1.165, 1.54) is 5.52 Å². The van der Waals surface area contributed by atoms with Crippen molar-refractivity contribution in [3.05, 3.63) is 30.1 Å². The van der Waals surface area contributed by atoms with Gasteiger partial charge >= 0.3 is 0 Å². The fraction of sp³-hybridized carbons (Fsp3) is 0.500. The van der Waals surface area contributed by atoms with Crippen LogP contribution in [0, 0.1) is 6.92 Å². The lowest BCUT2D eigenvalue weighted by molar-refractivity contribution is 0.149. The van der Waals surface area contributed by atoms with Crippen LogP contribution in [0.2, 0.25) is 0 Å². The summed E-state index contributed by atoms with van der Waals surface area (Å²) in [6.07, 6.45) is 0. The Labute approximate surface area is 108 Å². The Morgan fingerprint density at radius 1 is 1.28 bits per heavy atom. The quantitative estimate of drug-likeness (QED) is 0.760. The van der Waals surface area contributed by atoms with Crippen LogP contribution in [0.15, 0.2) is 24.3 Å². The zero-order valence-electron chi connectivity index (χ0n) is 11.1. The lowest BCUT2D eigenvalue weighted by atomic mass is 10.3. The molecule has 4 heteroatoms. The summed E-state index contributed by atoms with van der Waals surface area (Å²) in [7, 11) is 0. The van der Waals surface area contributed by atoms with Gasteiger partial charge < -0.3 is 14.6 Å². The van der Waals surface area contributed by atoms with E-state index in [9.17, 15) is 0 Å². The molecule has 0 atom stereocenters. The minimum absolute atomic E-state index is 0.778. The van der Waals surface area contributed by atoms with E-state index in [1.807, 2.05) is 13.0 Å². The van der Waals surface area contributed by atoms with Crippen molar-refractivity contribution in [1.29, 1.82) is 0 Å². The number of ether oxygens (including phenoxy) is 1. The summed E-state index contributed by atoms with van der Waals surface area (Å²) >= 11 is 0. The third-order valence-corrected chi connectivity index (χ3v) is 2.98. The number of imidazole rings is 1. The first-order valence-electron chi connectivity index (χ1n) is 6.53. The normalized spacial score (nSPS) is 11.2. The molecular weight excluding hydrogens is 226 g/mol. The van der Waals surface area contributed by atoms with E-state index in [2.05, 4.69) is 40.0 Å². The summed E-state index contributed by atoms with van der Waals surface area (Å²) in [6, 6.07) is 8.26. The first-order chi connectivity index (χ1) is 8.83. The van der Waals surface area contributed by atoms with Crippen LogP contribution in [0.4, 0.5) is 0 Å². The molecule has 98 valence electrons. The van der Waals surface area contributed by atoms with E-state index < -0.39 is 0 Å². The third kappa shape index (κ3) is 3.09. The molecule has 0 radical (unpaired) electrons. The van der Waals surface area contributed by atoms with Gasteiger partial charge in [-0.05, 0) is 26.0 Å². The zero-order valence-corrected chi connectivity index (χ0v) is 11.1. The van der Waals surface area contributed by atoms with Crippen LogP contribution in [-0.4, -0.2) is 35.9 Å². The molecule has 18 heavy (non-hydrogen) atoms.